The Morgan fingerprint density at radius 1 is 1.24 bits per heavy atom. The van der Waals surface area contributed by atoms with Crippen LogP contribution in [0.3, 0.4) is 0 Å². The van der Waals surface area contributed by atoms with Crippen LogP contribution in [-0.2, 0) is 12.8 Å². The first kappa shape index (κ1) is 19.3. The number of nitrogens with one attached hydrogen (secondary N) is 2. The van der Waals surface area contributed by atoms with Crippen LogP contribution in [-0.4, -0.2) is 23.8 Å². The minimum atomic E-state index is -4.81. The van der Waals surface area contributed by atoms with Crippen molar-refractivity contribution in [3.63, 3.8) is 0 Å². The number of fused-ring (bicyclic) bond motifs is 3. The standard InChI is InChI=1S/C21H20F3N3O2/c22-21(23,24)29-15-3-1-2-13(9-15)20(28)26-14-5-7-19-17(10-14)16-8-12(11-25)4-6-18(16)27-19/h1-3,5,7,9-10,12,27H,4,6,8,11,25H2,(H,26,28). The van der Waals surface area contributed by atoms with Gasteiger partial charge in [0.1, 0.15) is 5.75 Å². The largest absolute Gasteiger partial charge is 0.573 e. The molecule has 0 saturated heterocycles. The maximum atomic E-state index is 12.5. The van der Waals surface area contributed by atoms with Crippen LogP contribution < -0.4 is 15.8 Å². The van der Waals surface area contributed by atoms with Crippen LogP contribution in [0.25, 0.3) is 10.9 Å². The molecule has 0 fully saturated rings. The Bertz CT molecular complexity index is 1060. The van der Waals surface area contributed by atoms with E-state index in [1.54, 1.807) is 6.07 Å². The summed E-state index contributed by atoms with van der Waals surface area (Å²) in [6.07, 6.45) is -1.93. The highest BCUT2D eigenvalue weighted by atomic mass is 19.4. The van der Waals surface area contributed by atoms with E-state index in [-0.39, 0.29) is 5.56 Å². The van der Waals surface area contributed by atoms with Gasteiger partial charge in [-0.05, 0) is 73.7 Å². The molecule has 0 saturated carbocycles. The van der Waals surface area contributed by atoms with E-state index in [4.69, 9.17) is 5.73 Å². The molecule has 1 unspecified atom stereocenters. The zero-order valence-corrected chi connectivity index (χ0v) is 15.5. The Hall–Kier alpha value is -3.00. The highest BCUT2D eigenvalue weighted by Crippen LogP contribution is 2.33. The Morgan fingerprint density at radius 2 is 2.07 bits per heavy atom. The van der Waals surface area contributed by atoms with E-state index in [2.05, 4.69) is 15.0 Å². The van der Waals surface area contributed by atoms with Gasteiger partial charge in [0, 0.05) is 27.8 Å². The van der Waals surface area contributed by atoms with Crippen molar-refractivity contribution in [1.29, 1.82) is 0 Å². The molecule has 2 aromatic carbocycles. The first-order valence-corrected chi connectivity index (χ1v) is 9.33. The summed E-state index contributed by atoms with van der Waals surface area (Å²) in [7, 11) is 0. The number of alkyl halides is 3. The molecule has 1 atom stereocenters. The summed E-state index contributed by atoms with van der Waals surface area (Å²) in [6.45, 7) is 0.638. The third-order valence-corrected chi connectivity index (χ3v) is 5.21. The minimum absolute atomic E-state index is 0.0751. The topological polar surface area (TPSA) is 80.1 Å². The SMILES string of the molecule is NCC1CCc2[nH]c3ccc(NC(=O)c4cccc(OC(F)(F)F)c4)cc3c2C1. The Balaban J connectivity index is 1.57. The molecule has 1 aliphatic carbocycles. The van der Waals surface area contributed by atoms with Gasteiger partial charge in [-0.25, -0.2) is 0 Å². The molecular weight excluding hydrogens is 383 g/mol. The summed E-state index contributed by atoms with van der Waals surface area (Å²) in [5.74, 6) is -0.509. The van der Waals surface area contributed by atoms with Crippen molar-refractivity contribution in [3.05, 3.63) is 59.3 Å². The van der Waals surface area contributed by atoms with Crippen LogP contribution in [0.15, 0.2) is 42.5 Å². The lowest BCUT2D eigenvalue weighted by Gasteiger charge is -2.20. The lowest BCUT2D eigenvalue weighted by Crippen LogP contribution is -2.21. The number of benzene rings is 2. The van der Waals surface area contributed by atoms with Crippen LogP contribution >= 0.6 is 0 Å². The lowest BCUT2D eigenvalue weighted by molar-refractivity contribution is -0.274. The highest BCUT2D eigenvalue weighted by molar-refractivity contribution is 6.05. The Kier molecular flexibility index (Phi) is 4.96. The van der Waals surface area contributed by atoms with Crippen molar-refractivity contribution in [2.45, 2.75) is 25.6 Å². The predicted molar refractivity (Wildman–Crippen MR) is 104 cm³/mol. The van der Waals surface area contributed by atoms with Gasteiger partial charge in [-0.2, -0.15) is 0 Å². The van der Waals surface area contributed by atoms with Gasteiger partial charge in [0.05, 0.1) is 0 Å². The number of nitrogens with two attached hydrogens (primary N) is 1. The molecule has 1 aliphatic rings. The summed E-state index contributed by atoms with van der Waals surface area (Å²) in [5, 5.41) is 3.78. The molecule has 0 bridgehead atoms. The quantitative estimate of drug-likeness (QED) is 0.605. The summed E-state index contributed by atoms with van der Waals surface area (Å²) >= 11 is 0. The Labute approximate surface area is 165 Å². The van der Waals surface area contributed by atoms with Crippen LogP contribution in [0.1, 0.15) is 28.0 Å². The number of hydrogen-bond acceptors (Lipinski definition) is 3. The van der Waals surface area contributed by atoms with Crippen molar-refractivity contribution < 1.29 is 22.7 Å². The fourth-order valence-electron chi connectivity index (χ4n) is 3.81. The summed E-state index contributed by atoms with van der Waals surface area (Å²) in [6, 6.07) is 10.5. The lowest BCUT2D eigenvalue weighted by atomic mass is 9.86. The van der Waals surface area contributed by atoms with E-state index >= 15 is 0 Å². The summed E-state index contributed by atoms with van der Waals surface area (Å²) in [5.41, 5.74) is 9.89. The summed E-state index contributed by atoms with van der Waals surface area (Å²) in [4.78, 5) is 15.9. The van der Waals surface area contributed by atoms with Gasteiger partial charge in [0.2, 0.25) is 0 Å². The molecule has 0 spiro atoms. The van der Waals surface area contributed by atoms with E-state index in [1.807, 2.05) is 12.1 Å². The number of amides is 1. The molecule has 1 heterocycles. The Morgan fingerprint density at radius 3 is 2.83 bits per heavy atom. The van der Waals surface area contributed by atoms with Crippen LogP contribution in [0, 0.1) is 5.92 Å². The minimum Gasteiger partial charge on any atom is -0.406 e. The van der Waals surface area contributed by atoms with Gasteiger partial charge in [-0.1, -0.05) is 6.07 Å². The second-order valence-corrected chi connectivity index (χ2v) is 7.22. The van der Waals surface area contributed by atoms with Crippen LogP contribution in [0.4, 0.5) is 18.9 Å². The number of halogens is 3. The fraction of sp³-hybridized carbons (Fsp3) is 0.286. The second-order valence-electron chi connectivity index (χ2n) is 7.22. The second kappa shape index (κ2) is 7.44. The van der Waals surface area contributed by atoms with Crippen LogP contribution in [0.2, 0.25) is 0 Å². The number of hydrogen-bond donors (Lipinski definition) is 3. The highest BCUT2D eigenvalue weighted by Gasteiger charge is 2.31. The number of ether oxygens (including phenoxy) is 1. The number of carbonyl (C=O) groups excluding carboxylic acids is 1. The average Bonchev–Trinajstić information content (AvgIpc) is 3.04. The van der Waals surface area contributed by atoms with Crippen molar-refractivity contribution in [2.75, 3.05) is 11.9 Å². The van der Waals surface area contributed by atoms with E-state index in [0.717, 1.165) is 42.3 Å². The number of aromatic nitrogens is 1. The predicted octanol–water partition coefficient (Wildman–Crippen LogP) is 4.38. The zero-order chi connectivity index (χ0) is 20.6. The van der Waals surface area contributed by atoms with E-state index < -0.39 is 18.0 Å². The van der Waals surface area contributed by atoms with E-state index in [1.165, 1.54) is 23.4 Å². The van der Waals surface area contributed by atoms with Gasteiger partial charge in [0.25, 0.3) is 5.91 Å². The molecule has 3 aromatic rings. The third kappa shape index (κ3) is 4.22. The average molecular weight is 403 g/mol. The zero-order valence-electron chi connectivity index (χ0n) is 15.5. The first-order chi connectivity index (χ1) is 13.8. The number of aryl methyl sites for hydroxylation is 1. The molecule has 0 aliphatic heterocycles. The first-order valence-electron chi connectivity index (χ1n) is 9.33. The number of rotatable bonds is 4. The monoisotopic (exact) mass is 403 g/mol. The smallest absolute Gasteiger partial charge is 0.406 e. The van der Waals surface area contributed by atoms with E-state index in [0.29, 0.717) is 18.2 Å². The third-order valence-electron chi connectivity index (χ3n) is 5.21. The van der Waals surface area contributed by atoms with Crippen molar-refractivity contribution in [3.8, 4) is 5.75 Å². The molecule has 152 valence electrons. The van der Waals surface area contributed by atoms with E-state index in [9.17, 15) is 18.0 Å². The normalized spacial score (nSPS) is 16.5. The van der Waals surface area contributed by atoms with Crippen molar-refractivity contribution >= 4 is 22.5 Å². The molecule has 5 nitrogen and oxygen atoms in total. The molecule has 4 N–H and O–H groups in total. The number of carbonyl (C=O) groups is 1. The molecule has 1 amide bonds. The maximum Gasteiger partial charge on any atom is 0.573 e. The molecule has 8 heteroatoms. The molecule has 0 radical (unpaired) electrons. The number of H-pyrrole nitrogens is 1. The van der Waals surface area contributed by atoms with Gasteiger partial charge in [-0.3, -0.25) is 4.79 Å². The van der Waals surface area contributed by atoms with Crippen molar-refractivity contribution in [2.24, 2.45) is 11.7 Å². The van der Waals surface area contributed by atoms with Crippen LogP contribution in [0.5, 0.6) is 5.75 Å². The van der Waals surface area contributed by atoms with Gasteiger partial charge < -0.3 is 20.8 Å². The van der Waals surface area contributed by atoms with Gasteiger partial charge >= 0.3 is 6.36 Å². The molecular formula is C21H20F3N3O2. The number of aromatic amines is 1. The molecule has 4 rings (SSSR count). The fourth-order valence-corrected chi connectivity index (χ4v) is 3.81. The number of anilines is 1. The van der Waals surface area contributed by atoms with Gasteiger partial charge in [-0.15, -0.1) is 13.2 Å². The maximum absolute atomic E-state index is 12.5. The molecule has 29 heavy (non-hydrogen) atoms. The summed E-state index contributed by atoms with van der Waals surface area (Å²) < 4.78 is 41.1. The van der Waals surface area contributed by atoms with Gasteiger partial charge in [0.15, 0.2) is 0 Å². The van der Waals surface area contributed by atoms with Crippen molar-refractivity contribution in [1.82, 2.24) is 4.98 Å². The molecule has 1 aromatic heterocycles.